The van der Waals surface area contributed by atoms with Crippen molar-refractivity contribution in [2.45, 2.75) is 39.3 Å². The molecule has 1 aliphatic heterocycles. The van der Waals surface area contributed by atoms with Crippen molar-refractivity contribution in [3.8, 4) is 0 Å². The predicted molar refractivity (Wildman–Crippen MR) is 82.9 cm³/mol. The van der Waals surface area contributed by atoms with Crippen LogP contribution in [0.25, 0.3) is 0 Å². The summed E-state index contributed by atoms with van der Waals surface area (Å²) in [7, 11) is 0. The van der Waals surface area contributed by atoms with Crippen LogP contribution in [0.3, 0.4) is 0 Å². The van der Waals surface area contributed by atoms with Gasteiger partial charge in [0.25, 0.3) is 0 Å². The van der Waals surface area contributed by atoms with Crippen molar-refractivity contribution in [3.63, 3.8) is 0 Å². The normalized spacial score (nSPS) is 22.7. The molecule has 2 rings (SSSR count). The van der Waals surface area contributed by atoms with E-state index in [9.17, 15) is 0 Å². The molecule has 0 bridgehead atoms. The second-order valence-corrected chi connectivity index (χ2v) is 5.00. The minimum atomic E-state index is 0. The number of rotatable bonds is 4. The average molecular weight is 307 g/mol. The molecule has 0 spiro atoms. The van der Waals surface area contributed by atoms with Gasteiger partial charge in [-0.15, -0.1) is 24.8 Å². The molecule has 1 aromatic rings. The van der Waals surface area contributed by atoms with Crippen molar-refractivity contribution in [2.24, 2.45) is 11.7 Å². The lowest BCUT2D eigenvalue weighted by Crippen LogP contribution is -2.29. The first-order valence-electron chi connectivity index (χ1n) is 6.45. The molecule has 1 aromatic heterocycles. The number of hydrogen-bond donors (Lipinski definition) is 1. The molecule has 2 atom stereocenters. The maximum atomic E-state index is 6.17. The molecule has 2 N–H and O–H groups in total. The Morgan fingerprint density at radius 3 is 2.58 bits per heavy atom. The highest BCUT2D eigenvalue weighted by atomic mass is 35.5. The molecule has 1 fully saturated rings. The molecular formula is C13H24Cl2N4. The van der Waals surface area contributed by atoms with E-state index < -0.39 is 0 Å². The smallest absolute Gasteiger partial charge is 0.0756 e. The van der Waals surface area contributed by atoms with Crippen molar-refractivity contribution in [2.75, 3.05) is 13.1 Å². The van der Waals surface area contributed by atoms with E-state index in [0.29, 0.717) is 12.0 Å². The highest BCUT2D eigenvalue weighted by molar-refractivity contribution is 5.85. The molecule has 0 unspecified atom stereocenters. The van der Waals surface area contributed by atoms with Crippen LogP contribution < -0.4 is 5.73 Å². The largest absolute Gasteiger partial charge is 0.326 e. The van der Waals surface area contributed by atoms with Crippen molar-refractivity contribution >= 4 is 24.8 Å². The Kier molecular flexibility index (Phi) is 8.50. The number of nitrogens with two attached hydrogens (primary N) is 1. The fourth-order valence-electron chi connectivity index (χ4n) is 2.60. The van der Waals surface area contributed by atoms with Crippen LogP contribution in [-0.4, -0.2) is 34.0 Å². The van der Waals surface area contributed by atoms with E-state index in [0.717, 1.165) is 31.0 Å². The van der Waals surface area contributed by atoms with Crippen LogP contribution >= 0.6 is 24.8 Å². The third kappa shape index (κ3) is 4.88. The Balaban J connectivity index is 0.00000162. The van der Waals surface area contributed by atoms with Gasteiger partial charge in [-0.25, -0.2) is 0 Å². The van der Waals surface area contributed by atoms with Crippen LogP contribution in [0.2, 0.25) is 0 Å². The van der Waals surface area contributed by atoms with Gasteiger partial charge in [0.05, 0.1) is 11.4 Å². The van der Waals surface area contributed by atoms with Crippen LogP contribution in [0.15, 0.2) is 12.4 Å². The molecule has 4 nitrogen and oxygen atoms in total. The average Bonchev–Trinajstić information content (AvgIpc) is 2.63. The molecule has 0 aromatic carbocycles. The number of aromatic nitrogens is 2. The summed E-state index contributed by atoms with van der Waals surface area (Å²) in [6.45, 7) is 7.21. The number of aryl methyl sites for hydroxylation is 1. The molecule has 2 heterocycles. The quantitative estimate of drug-likeness (QED) is 0.926. The third-order valence-corrected chi connectivity index (χ3v) is 3.58. The topological polar surface area (TPSA) is 55.0 Å². The van der Waals surface area contributed by atoms with E-state index in [2.05, 4.69) is 21.8 Å². The summed E-state index contributed by atoms with van der Waals surface area (Å²) in [5.41, 5.74) is 8.28. The minimum Gasteiger partial charge on any atom is -0.326 e. The van der Waals surface area contributed by atoms with E-state index in [1.807, 2.05) is 6.92 Å². The number of likely N-dealkylation sites (tertiary alicyclic amines) is 1. The molecule has 0 radical (unpaired) electrons. The second-order valence-electron chi connectivity index (χ2n) is 5.00. The molecule has 0 amide bonds. The van der Waals surface area contributed by atoms with Crippen molar-refractivity contribution in [3.05, 3.63) is 23.8 Å². The van der Waals surface area contributed by atoms with Gasteiger partial charge >= 0.3 is 0 Å². The summed E-state index contributed by atoms with van der Waals surface area (Å²) in [5, 5.41) is 0. The van der Waals surface area contributed by atoms with E-state index >= 15 is 0 Å². The molecule has 1 saturated heterocycles. The number of nitrogens with zero attached hydrogens (tertiary/aromatic N) is 3. The zero-order valence-corrected chi connectivity index (χ0v) is 13.2. The van der Waals surface area contributed by atoms with Crippen molar-refractivity contribution < 1.29 is 0 Å². The van der Waals surface area contributed by atoms with E-state index in [1.54, 1.807) is 12.4 Å². The minimum absolute atomic E-state index is 0. The lowest BCUT2D eigenvalue weighted by atomic mass is 9.99. The van der Waals surface area contributed by atoms with Crippen molar-refractivity contribution in [1.29, 1.82) is 0 Å². The first kappa shape index (κ1) is 18.6. The van der Waals surface area contributed by atoms with E-state index in [1.165, 1.54) is 12.8 Å². The van der Waals surface area contributed by atoms with Crippen LogP contribution in [0, 0.1) is 12.8 Å². The molecule has 19 heavy (non-hydrogen) atoms. The molecule has 0 aliphatic carbocycles. The van der Waals surface area contributed by atoms with Crippen molar-refractivity contribution in [1.82, 2.24) is 14.9 Å². The first-order chi connectivity index (χ1) is 8.20. The third-order valence-electron chi connectivity index (χ3n) is 3.58. The predicted octanol–water partition coefficient (Wildman–Crippen LogP) is 2.19. The van der Waals surface area contributed by atoms with Gasteiger partial charge < -0.3 is 5.73 Å². The SMILES string of the molecule is CCC[C@H]1CN(Cc2nccnc2C)C[C@@H]1N.Cl.Cl. The lowest BCUT2D eigenvalue weighted by molar-refractivity contribution is 0.307. The van der Waals surface area contributed by atoms with Gasteiger partial charge in [0.2, 0.25) is 0 Å². The molecular weight excluding hydrogens is 283 g/mol. The lowest BCUT2D eigenvalue weighted by Gasteiger charge is -2.15. The number of hydrogen-bond acceptors (Lipinski definition) is 4. The van der Waals surface area contributed by atoms with Gasteiger partial charge in [-0.1, -0.05) is 13.3 Å². The summed E-state index contributed by atoms with van der Waals surface area (Å²) >= 11 is 0. The van der Waals surface area contributed by atoms with Gasteiger partial charge in [0, 0.05) is 38.1 Å². The zero-order chi connectivity index (χ0) is 12.3. The summed E-state index contributed by atoms with van der Waals surface area (Å²) in [6, 6.07) is 0.326. The van der Waals surface area contributed by atoms with Crippen LogP contribution in [-0.2, 0) is 6.54 Å². The maximum absolute atomic E-state index is 6.17. The van der Waals surface area contributed by atoms with Gasteiger partial charge in [0.15, 0.2) is 0 Å². The second kappa shape index (κ2) is 8.69. The van der Waals surface area contributed by atoms with Crippen LogP contribution in [0.4, 0.5) is 0 Å². The summed E-state index contributed by atoms with van der Waals surface area (Å²) in [4.78, 5) is 11.1. The van der Waals surface area contributed by atoms with Crippen LogP contribution in [0.5, 0.6) is 0 Å². The Morgan fingerprint density at radius 2 is 1.95 bits per heavy atom. The monoisotopic (exact) mass is 306 g/mol. The van der Waals surface area contributed by atoms with E-state index in [4.69, 9.17) is 5.73 Å². The maximum Gasteiger partial charge on any atom is 0.0756 e. The summed E-state index contributed by atoms with van der Waals surface area (Å²) in [6.07, 6.45) is 5.96. The Bertz CT molecular complexity index is 375. The van der Waals surface area contributed by atoms with Gasteiger partial charge in [-0.3, -0.25) is 14.9 Å². The van der Waals surface area contributed by atoms with Gasteiger partial charge in [0.1, 0.15) is 0 Å². The summed E-state index contributed by atoms with van der Waals surface area (Å²) in [5.74, 6) is 0.650. The van der Waals surface area contributed by atoms with Gasteiger partial charge in [-0.2, -0.15) is 0 Å². The molecule has 110 valence electrons. The van der Waals surface area contributed by atoms with Gasteiger partial charge in [-0.05, 0) is 19.3 Å². The number of halogens is 2. The Labute approximate surface area is 128 Å². The zero-order valence-electron chi connectivity index (χ0n) is 11.6. The highest BCUT2D eigenvalue weighted by Crippen LogP contribution is 2.21. The van der Waals surface area contributed by atoms with Crippen LogP contribution in [0.1, 0.15) is 31.2 Å². The molecule has 0 saturated carbocycles. The standard InChI is InChI=1S/C13H22N4.2ClH/c1-3-4-11-7-17(8-12(11)14)9-13-10(2)15-5-6-16-13;;/h5-6,11-12H,3-4,7-9,14H2,1-2H3;2*1H/t11-,12-;;/m0../s1. The first-order valence-corrected chi connectivity index (χ1v) is 6.45. The highest BCUT2D eigenvalue weighted by Gasteiger charge is 2.29. The summed E-state index contributed by atoms with van der Waals surface area (Å²) < 4.78 is 0. The van der Waals surface area contributed by atoms with E-state index in [-0.39, 0.29) is 24.8 Å². The fourth-order valence-corrected chi connectivity index (χ4v) is 2.60. The Hall–Kier alpha value is -0.420. The fraction of sp³-hybridized carbons (Fsp3) is 0.692. The molecule has 6 heteroatoms. The molecule has 1 aliphatic rings. The Morgan fingerprint density at radius 1 is 1.26 bits per heavy atom.